The van der Waals surface area contributed by atoms with Crippen LogP contribution >= 0.6 is 11.3 Å². The third-order valence-electron chi connectivity index (χ3n) is 6.90. The van der Waals surface area contributed by atoms with Crippen LogP contribution in [-0.4, -0.2) is 15.0 Å². The monoisotopic (exact) mass is 762 g/mol. The Morgan fingerprint density at radius 2 is 1.67 bits per heavy atom. The molecular weight excluding hydrogens is 727 g/mol. The van der Waals surface area contributed by atoms with Crippen molar-refractivity contribution in [1.29, 1.82) is 0 Å². The van der Waals surface area contributed by atoms with Crippen molar-refractivity contribution in [2.45, 2.75) is 47.9 Å². The fraction of sp³-hybridized carbons (Fsp3) is 0.216. The minimum atomic E-state index is -1.44. The Bertz CT molecular complexity index is 2110. The number of benzene rings is 2. The van der Waals surface area contributed by atoms with Gasteiger partial charge in [-0.1, -0.05) is 49.9 Å². The second-order valence-electron chi connectivity index (χ2n) is 11.5. The fourth-order valence-corrected chi connectivity index (χ4v) is 6.07. The summed E-state index contributed by atoms with van der Waals surface area (Å²) in [5.41, 5.74) is 7.47. The molecule has 0 aliphatic heterocycles. The van der Waals surface area contributed by atoms with Crippen LogP contribution in [-0.2, 0) is 26.5 Å². The molecule has 0 aliphatic rings. The number of aromatic nitrogens is 3. The molecule has 0 aliphatic carbocycles. The van der Waals surface area contributed by atoms with E-state index in [1.165, 1.54) is 16.9 Å². The van der Waals surface area contributed by atoms with Crippen LogP contribution in [0.3, 0.4) is 0 Å². The molecule has 5 aromatic heterocycles. The van der Waals surface area contributed by atoms with E-state index in [0.29, 0.717) is 5.71 Å². The molecule has 2 aromatic carbocycles. The molecule has 6 heteroatoms. The molecule has 0 spiro atoms. The van der Waals surface area contributed by atoms with Gasteiger partial charge in [-0.3, -0.25) is 0 Å². The zero-order valence-electron chi connectivity index (χ0n) is 27.0. The largest absolute Gasteiger partial charge is 0.486 e. The molecule has 0 N–H and O–H groups in total. The van der Waals surface area contributed by atoms with Crippen molar-refractivity contribution < 1.29 is 27.3 Å². The molecule has 7 aromatic rings. The zero-order chi connectivity index (χ0) is 31.2. The number of furan rings is 1. The Morgan fingerprint density at radius 1 is 0.860 bits per heavy atom. The standard InChI is InChI=1S/C25H23N2OS.C12H10N.Ir/c1-14-9-10-17-16-7-6-8-18(23(16)28-24(17)27-14)20-11-19-15(2)21(12-25(3,4)5)29-22(19)13-26-20;1-10-7-8-12(13-9-10)11-5-3-2-4-6-11;/h6-7,9-11,13H,12H2,1-5H3;2-5,7-9H,1H3;/q2*-1;/i12D2;;. The van der Waals surface area contributed by atoms with E-state index in [0.717, 1.165) is 65.1 Å². The van der Waals surface area contributed by atoms with Gasteiger partial charge in [0.1, 0.15) is 0 Å². The molecule has 219 valence electrons. The van der Waals surface area contributed by atoms with E-state index in [-0.39, 0.29) is 20.1 Å². The Morgan fingerprint density at radius 3 is 2.40 bits per heavy atom. The summed E-state index contributed by atoms with van der Waals surface area (Å²) in [6.07, 6.45) is 2.27. The van der Waals surface area contributed by atoms with Crippen molar-refractivity contribution in [3.05, 3.63) is 113 Å². The molecular formula is C37H33IrN3OS-2. The van der Waals surface area contributed by atoms with Crippen LogP contribution in [0.1, 0.15) is 45.2 Å². The van der Waals surface area contributed by atoms with E-state index in [4.69, 9.17) is 7.16 Å². The van der Waals surface area contributed by atoms with Crippen LogP contribution in [0.4, 0.5) is 0 Å². The average Bonchev–Trinajstić information content (AvgIpc) is 3.54. The number of hydrogen-bond donors (Lipinski definition) is 0. The molecule has 1 radical (unpaired) electrons. The zero-order valence-corrected chi connectivity index (χ0v) is 28.2. The third kappa shape index (κ3) is 6.62. The van der Waals surface area contributed by atoms with Crippen molar-refractivity contribution in [3.63, 3.8) is 0 Å². The van der Waals surface area contributed by atoms with Crippen molar-refractivity contribution in [3.8, 4) is 22.5 Å². The van der Waals surface area contributed by atoms with Crippen molar-refractivity contribution in [2.24, 2.45) is 5.41 Å². The van der Waals surface area contributed by atoms with Gasteiger partial charge in [-0.2, -0.15) is 0 Å². The Balaban J connectivity index is 0.000000240. The third-order valence-corrected chi connectivity index (χ3v) is 8.06. The molecule has 0 unspecified atom stereocenters. The first-order valence-electron chi connectivity index (χ1n) is 14.9. The van der Waals surface area contributed by atoms with Gasteiger partial charge < -0.3 is 14.4 Å². The van der Waals surface area contributed by atoms with E-state index in [9.17, 15) is 0 Å². The minimum Gasteiger partial charge on any atom is -0.486 e. The second kappa shape index (κ2) is 12.5. The van der Waals surface area contributed by atoms with Crippen molar-refractivity contribution >= 4 is 43.5 Å². The van der Waals surface area contributed by atoms with E-state index < -0.39 is 11.8 Å². The normalized spacial score (nSPS) is 12.4. The van der Waals surface area contributed by atoms with Crippen LogP contribution in [0.15, 0.2) is 83.5 Å². The molecule has 0 saturated heterocycles. The number of hydrogen-bond acceptors (Lipinski definition) is 5. The van der Waals surface area contributed by atoms with E-state index >= 15 is 0 Å². The van der Waals surface area contributed by atoms with E-state index in [2.05, 4.69) is 33.2 Å². The fourth-order valence-electron chi connectivity index (χ4n) is 4.81. The summed E-state index contributed by atoms with van der Waals surface area (Å²) in [6.45, 7) is 11.8. The van der Waals surface area contributed by atoms with Crippen LogP contribution in [0, 0.1) is 38.3 Å². The predicted octanol–water partition coefficient (Wildman–Crippen LogP) is 10.1. The summed E-state index contributed by atoms with van der Waals surface area (Å²) in [5.74, 6) is 0. The summed E-state index contributed by atoms with van der Waals surface area (Å²) < 4.78 is 24.6. The molecule has 0 fully saturated rings. The maximum atomic E-state index is 8.73. The summed E-state index contributed by atoms with van der Waals surface area (Å²) in [5, 5.41) is 2.99. The van der Waals surface area contributed by atoms with Crippen molar-refractivity contribution in [2.75, 3.05) is 0 Å². The number of nitrogens with zero attached hydrogens (tertiary/aromatic N) is 3. The molecule has 0 saturated carbocycles. The summed E-state index contributed by atoms with van der Waals surface area (Å²) in [6, 6.07) is 28.3. The smallest absolute Gasteiger partial charge is 0.216 e. The molecule has 0 bridgehead atoms. The Labute approximate surface area is 273 Å². The van der Waals surface area contributed by atoms with Gasteiger partial charge in [-0.25, -0.2) is 4.98 Å². The maximum Gasteiger partial charge on any atom is 0.216 e. The van der Waals surface area contributed by atoms with Crippen LogP contribution in [0.25, 0.3) is 54.7 Å². The van der Waals surface area contributed by atoms with Crippen LogP contribution in [0.2, 0.25) is 0 Å². The van der Waals surface area contributed by atoms with Gasteiger partial charge in [0.2, 0.25) is 5.71 Å². The Kier molecular flexibility index (Phi) is 8.16. The van der Waals surface area contributed by atoms with Gasteiger partial charge in [0, 0.05) is 51.2 Å². The molecule has 43 heavy (non-hydrogen) atoms. The van der Waals surface area contributed by atoms with Gasteiger partial charge in [0.15, 0.2) is 0 Å². The van der Waals surface area contributed by atoms with Gasteiger partial charge in [0.05, 0.1) is 10.3 Å². The number of aryl methyl sites for hydroxylation is 3. The molecule has 0 amide bonds. The number of pyridine rings is 3. The average molecular weight is 762 g/mol. The van der Waals surface area contributed by atoms with Crippen LogP contribution in [0.5, 0.6) is 0 Å². The molecule has 0 atom stereocenters. The quantitative estimate of drug-likeness (QED) is 0.168. The predicted molar refractivity (Wildman–Crippen MR) is 175 cm³/mol. The summed E-state index contributed by atoms with van der Waals surface area (Å²) in [7, 11) is 0. The van der Waals surface area contributed by atoms with Gasteiger partial charge in [-0.05, 0) is 72.6 Å². The molecule has 5 heterocycles. The first kappa shape index (κ1) is 28.1. The molecule has 7 rings (SSSR count). The van der Waals surface area contributed by atoms with E-state index in [1.54, 1.807) is 0 Å². The maximum absolute atomic E-state index is 8.73. The van der Waals surface area contributed by atoms with Crippen molar-refractivity contribution in [1.82, 2.24) is 15.0 Å². The van der Waals surface area contributed by atoms with Gasteiger partial charge in [-0.15, -0.1) is 65.4 Å². The molecule has 4 nitrogen and oxygen atoms in total. The second-order valence-corrected chi connectivity index (χ2v) is 12.5. The number of rotatable bonds is 3. The van der Waals surface area contributed by atoms with Gasteiger partial charge >= 0.3 is 0 Å². The Hall–Kier alpha value is -3.70. The summed E-state index contributed by atoms with van der Waals surface area (Å²) in [4.78, 5) is 14.3. The van der Waals surface area contributed by atoms with Gasteiger partial charge in [0.25, 0.3) is 0 Å². The summed E-state index contributed by atoms with van der Waals surface area (Å²) >= 11 is 1.49. The van der Waals surface area contributed by atoms with E-state index in [1.807, 2.05) is 115 Å². The SMILES string of the molecule is Cc1ccc(-c2[c-]cccc2)nc1.[2H]C([2H])(c1sc2cnc(-c3[c-]ccc4c3oc3nc(C)ccc34)cc2c1C)C(C)(C)C.[Ir]. The first-order valence-corrected chi connectivity index (χ1v) is 14.8. The first-order chi connectivity index (χ1) is 20.9. The minimum absolute atomic E-state index is 0. The topological polar surface area (TPSA) is 51.8 Å². The number of fused-ring (bicyclic) bond motifs is 4. The number of thiophene rings is 1. The van der Waals surface area contributed by atoms with Crippen LogP contribution < -0.4 is 0 Å².